The highest BCUT2D eigenvalue weighted by Crippen LogP contribution is 2.31. The zero-order valence-corrected chi connectivity index (χ0v) is 13.5. The highest BCUT2D eigenvalue weighted by molar-refractivity contribution is 6.31. The van der Waals surface area contributed by atoms with Crippen molar-refractivity contribution in [1.29, 1.82) is 0 Å². The summed E-state index contributed by atoms with van der Waals surface area (Å²) in [5.74, 6) is -0.267. The molecule has 3 nitrogen and oxygen atoms in total. The first-order chi connectivity index (χ1) is 11.2. The van der Waals surface area contributed by atoms with E-state index in [1.807, 2.05) is 0 Å². The summed E-state index contributed by atoms with van der Waals surface area (Å²) in [6.07, 6.45) is -5.76. The fourth-order valence-corrected chi connectivity index (χ4v) is 2.54. The van der Waals surface area contributed by atoms with E-state index in [-0.39, 0.29) is 34.5 Å². The molecule has 0 fully saturated rings. The number of nitrogen functional groups attached to an aromatic ring is 1. The molecule has 0 atom stereocenters. The van der Waals surface area contributed by atoms with Crippen molar-refractivity contribution in [2.45, 2.75) is 19.0 Å². The van der Waals surface area contributed by atoms with Crippen LogP contribution in [0.25, 0.3) is 0 Å². The second-order valence-electron chi connectivity index (χ2n) is 5.16. The predicted molar refractivity (Wildman–Crippen MR) is 86.7 cm³/mol. The number of ketones is 1. The van der Waals surface area contributed by atoms with Gasteiger partial charge in [0.15, 0.2) is 5.78 Å². The molecule has 24 heavy (non-hydrogen) atoms. The summed E-state index contributed by atoms with van der Waals surface area (Å²) in [7, 11) is 1.34. The summed E-state index contributed by atoms with van der Waals surface area (Å²) in [6.45, 7) is 0. The van der Waals surface area contributed by atoms with E-state index >= 15 is 0 Å². The zero-order chi connectivity index (χ0) is 17.9. The maximum absolute atomic E-state index is 12.8. The monoisotopic (exact) mass is 357 g/mol. The van der Waals surface area contributed by atoms with Gasteiger partial charge < -0.3 is 10.5 Å². The van der Waals surface area contributed by atoms with Crippen LogP contribution >= 0.6 is 11.6 Å². The van der Waals surface area contributed by atoms with Gasteiger partial charge in [-0.3, -0.25) is 4.79 Å². The highest BCUT2D eigenvalue weighted by atomic mass is 35.5. The number of carbonyl (C=O) groups excluding carboxylic acids is 1. The Morgan fingerprint density at radius 3 is 2.54 bits per heavy atom. The van der Waals surface area contributed by atoms with Gasteiger partial charge in [-0.25, -0.2) is 0 Å². The lowest BCUT2D eigenvalue weighted by Gasteiger charge is -2.15. The van der Waals surface area contributed by atoms with Crippen LogP contribution in [0.5, 0.6) is 5.75 Å². The number of alkyl halides is 3. The first kappa shape index (κ1) is 18.1. The smallest absolute Gasteiger partial charge is 0.389 e. The third-order valence-electron chi connectivity index (χ3n) is 3.52. The molecule has 7 heteroatoms. The second-order valence-corrected chi connectivity index (χ2v) is 5.60. The van der Waals surface area contributed by atoms with Gasteiger partial charge in [0.25, 0.3) is 0 Å². The maximum Gasteiger partial charge on any atom is 0.389 e. The van der Waals surface area contributed by atoms with Gasteiger partial charge in [0, 0.05) is 33.8 Å². The first-order valence-corrected chi connectivity index (χ1v) is 7.43. The summed E-state index contributed by atoms with van der Waals surface area (Å²) < 4.78 is 42.9. The Morgan fingerprint density at radius 2 is 1.92 bits per heavy atom. The molecular weight excluding hydrogens is 343 g/mol. The molecule has 2 N–H and O–H groups in total. The van der Waals surface area contributed by atoms with Crippen molar-refractivity contribution in [3.63, 3.8) is 0 Å². The number of benzene rings is 2. The number of carbonyl (C=O) groups is 1. The van der Waals surface area contributed by atoms with Crippen molar-refractivity contribution in [2.75, 3.05) is 12.8 Å². The van der Waals surface area contributed by atoms with Crippen molar-refractivity contribution in [2.24, 2.45) is 0 Å². The summed E-state index contributed by atoms with van der Waals surface area (Å²) in [6, 6.07) is 8.92. The molecule has 0 aliphatic rings. The Labute approximate surface area is 142 Å². The fraction of sp³-hybridized carbons (Fsp3) is 0.235. The largest absolute Gasteiger partial charge is 0.496 e. The number of rotatable bonds is 5. The fourth-order valence-electron chi connectivity index (χ4n) is 2.36. The van der Waals surface area contributed by atoms with E-state index in [0.29, 0.717) is 5.02 Å². The van der Waals surface area contributed by atoms with Gasteiger partial charge in [0.05, 0.1) is 7.11 Å². The van der Waals surface area contributed by atoms with E-state index in [4.69, 9.17) is 22.1 Å². The van der Waals surface area contributed by atoms with Gasteiger partial charge in [-0.1, -0.05) is 23.7 Å². The van der Waals surface area contributed by atoms with Gasteiger partial charge in [-0.2, -0.15) is 13.2 Å². The van der Waals surface area contributed by atoms with Crippen LogP contribution in [0.2, 0.25) is 5.02 Å². The van der Waals surface area contributed by atoms with E-state index in [0.717, 1.165) is 0 Å². The topological polar surface area (TPSA) is 52.3 Å². The Morgan fingerprint density at radius 1 is 1.21 bits per heavy atom. The Kier molecular flexibility index (Phi) is 5.39. The highest BCUT2D eigenvalue weighted by Gasteiger charge is 2.29. The average Bonchev–Trinajstić information content (AvgIpc) is 2.53. The molecule has 0 amide bonds. The minimum absolute atomic E-state index is 0.118. The van der Waals surface area contributed by atoms with Crippen molar-refractivity contribution < 1.29 is 22.7 Å². The molecule has 0 aromatic heterocycles. The molecular formula is C17H15ClF3NO2. The Hall–Kier alpha value is -2.21. The number of hydrogen-bond donors (Lipinski definition) is 1. The van der Waals surface area contributed by atoms with E-state index < -0.39 is 18.4 Å². The quantitative estimate of drug-likeness (QED) is 0.625. The number of nitrogens with two attached hydrogens (primary N) is 1. The molecule has 0 unspecified atom stereocenters. The lowest BCUT2D eigenvalue weighted by atomic mass is 9.94. The molecule has 0 aliphatic carbocycles. The normalized spacial score (nSPS) is 11.4. The van der Waals surface area contributed by atoms with E-state index in [2.05, 4.69) is 0 Å². The molecule has 0 spiro atoms. The van der Waals surface area contributed by atoms with E-state index in [1.54, 1.807) is 6.07 Å². The van der Waals surface area contributed by atoms with Crippen LogP contribution in [-0.4, -0.2) is 19.1 Å². The summed E-state index contributed by atoms with van der Waals surface area (Å²) >= 11 is 5.89. The zero-order valence-electron chi connectivity index (χ0n) is 12.8. The number of halogens is 4. The van der Waals surface area contributed by atoms with Gasteiger partial charge in [-0.15, -0.1) is 0 Å². The van der Waals surface area contributed by atoms with Crippen LogP contribution in [0.3, 0.4) is 0 Å². The molecule has 2 aromatic carbocycles. The summed E-state index contributed by atoms with van der Waals surface area (Å²) in [5.41, 5.74) is 6.46. The minimum atomic E-state index is -4.34. The predicted octanol–water partition coefficient (Wildman–Crippen LogP) is 4.66. The lowest BCUT2D eigenvalue weighted by molar-refractivity contribution is -0.134. The summed E-state index contributed by atoms with van der Waals surface area (Å²) in [5, 5.41) is 0.312. The van der Waals surface area contributed by atoms with E-state index in [9.17, 15) is 18.0 Å². The molecule has 0 saturated heterocycles. The molecule has 0 saturated carbocycles. The number of ether oxygens (including phenoxy) is 1. The lowest BCUT2D eigenvalue weighted by Crippen LogP contribution is -2.13. The number of hydrogen-bond acceptors (Lipinski definition) is 3. The summed E-state index contributed by atoms with van der Waals surface area (Å²) in [4.78, 5) is 12.8. The van der Waals surface area contributed by atoms with Crippen LogP contribution in [0, 0.1) is 0 Å². The second kappa shape index (κ2) is 7.13. The molecule has 128 valence electrons. The van der Waals surface area contributed by atoms with Crippen molar-refractivity contribution in [3.8, 4) is 5.75 Å². The average molecular weight is 358 g/mol. The number of anilines is 1. The van der Waals surface area contributed by atoms with Crippen LogP contribution in [0.1, 0.15) is 27.9 Å². The van der Waals surface area contributed by atoms with Crippen molar-refractivity contribution in [3.05, 3.63) is 58.1 Å². The van der Waals surface area contributed by atoms with Gasteiger partial charge in [-0.05, 0) is 30.7 Å². The van der Waals surface area contributed by atoms with Crippen LogP contribution in [-0.2, 0) is 6.42 Å². The minimum Gasteiger partial charge on any atom is -0.496 e. The standard InChI is InChI=1S/C17H15ClF3NO2/c1-24-15-4-2-3-12(11(15)7-8-17(19,20)21)16(23)13-9-10(18)5-6-14(13)22/h2-6,9H,7-8,22H2,1H3. The first-order valence-electron chi connectivity index (χ1n) is 7.05. The number of methoxy groups -OCH3 is 1. The third-order valence-corrected chi connectivity index (χ3v) is 3.75. The van der Waals surface area contributed by atoms with Crippen LogP contribution < -0.4 is 10.5 Å². The maximum atomic E-state index is 12.8. The van der Waals surface area contributed by atoms with Crippen molar-refractivity contribution >= 4 is 23.1 Å². The van der Waals surface area contributed by atoms with Gasteiger partial charge in [0.1, 0.15) is 5.75 Å². The van der Waals surface area contributed by atoms with Crippen LogP contribution in [0.15, 0.2) is 36.4 Å². The molecule has 0 bridgehead atoms. The molecule has 2 rings (SSSR count). The Balaban J connectivity index is 2.49. The van der Waals surface area contributed by atoms with Gasteiger partial charge >= 0.3 is 6.18 Å². The van der Waals surface area contributed by atoms with Gasteiger partial charge in [0.2, 0.25) is 0 Å². The van der Waals surface area contributed by atoms with Crippen molar-refractivity contribution in [1.82, 2.24) is 0 Å². The third kappa shape index (κ3) is 4.20. The molecule has 0 heterocycles. The SMILES string of the molecule is COc1cccc(C(=O)c2cc(Cl)ccc2N)c1CCC(F)(F)F. The molecule has 0 aliphatic heterocycles. The Bertz CT molecular complexity index is 760. The van der Waals surface area contributed by atoms with E-state index in [1.165, 1.54) is 37.4 Å². The molecule has 2 aromatic rings. The molecule has 0 radical (unpaired) electrons. The van der Waals surface area contributed by atoms with Crippen LogP contribution in [0.4, 0.5) is 18.9 Å².